The zero-order valence-corrected chi connectivity index (χ0v) is 11.8. The van der Waals surface area contributed by atoms with Crippen LogP contribution in [0.5, 0.6) is 0 Å². The van der Waals surface area contributed by atoms with E-state index in [-0.39, 0.29) is 18.2 Å². The van der Waals surface area contributed by atoms with Gasteiger partial charge in [0.1, 0.15) is 6.04 Å². The first-order valence-corrected chi connectivity index (χ1v) is 7.25. The van der Waals surface area contributed by atoms with Gasteiger partial charge in [0.2, 0.25) is 5.91 Å². The molecule has 2 fully saturated rings. The first-order chi connectivity index (χ1) is 9.75. The molecule has 1 aromatic heterocycles. The summed E-state index contributed by atoms with van der Waals surface area (Å²) in [5.74, 6) is 0.583. The molecule has 1 unspecified atom stereocenters. The van der Waals surface area contributed by atoms with Gasteiger partial charge in [0, 0.05) is 31.4 Å². The van der Waals surface area contributed by atoms with Crippen LogP contribution >= 0.6 is 0 Å². The van der Waals surface area contributed by atoms with E-state index in [9.17, 15) is 4.79 Å². The van der Waals surface area contributed by atoms with Gasteiger partial charge in [-0.15, -0.1) is 0 Å². The van der Waals surface area contributed by atoms with Crippen LogP contribution < -0.4 is 0 Å². The number of amides is 1. The van der Waals surface area contributed by atoms with Crippen molar-refractivity contribution >= 4 is 5.91 Å². The Balaban J connectivity index is 1.53. The van der Waals surface area contributed by atoms with E-state index in [1.807, 2.05) is 22.6 Å². The smallest absolute Gasteiger partial charge is 0.245 e. The van der Waals surface area contributed by atoms with Crippen LogP contribution in [-0.2, 0) is 14.3 Å². The van der Waals surface area contributed by atoms with Gasteiger partial charge in [-0.05, 0) is 19.8 Å². The minimum Gasteiger partial charge on any atom is -0.350 e. The Bertz CT molecular complexity index is 435. The summed E-state index contributed by atoms with van der Waals surface area (Å²) in [5.41, 5.74) is 0. The molecule has 0 N–H and O–H groups in total. The largest absolute Gasteiger partial charge is 0.350 e. The average molecular weight is 279 g/mol. The number of aromatic nitrogens is 2. The predicted octanol–water partition coefficient (Wildman–Crippen LogP) is 1.06. The zero-order valence-electron chi connectivity index (χ0n) is 11.8. The molecule has 110 valence electrons. The minimum absolute atomic E-state index is 0.0571. The summed E-state index contributed by atoms with van der Waals surface area (Å²) in [4.78, 5) is 18.4. The standard InChI is InChI=1S/C14H21N3O3/c1-11(17-7-4-15-10-17)13(18)16-5-2-12(3-6-16)14-19-8-9-20-14/h4,7,10-12,14H,2-3,5-6,8-9H2,1H3. The van der Waals surface area contributed by atoms with Gasteiger partial charge in [-0.25, -0.2) is 4.98 Å². The van der Waals surface area contributed by atoms with Crippen LogP contribution in [0.1, 0.15) is 25.8 Å². The minimum atomic E-state index is -0.187. The highest BCUT2D eigenvalue weighted by Gasteiger charge is 2.32. The van der Waals surface area contributed by atoms with E-state index in [1.165, 1.54) is 0 Å². The Labute approximate surface area is 118 Å². The molecule has 0 aliphatic carbocycles. The summed E-state index contributed by atoms with van der Waals surface area (Å²) < 4.78 is 13.0. The second-order valence-electron chi connectivity index (χ2n) is 5.46. The van der Waals surface area contributed by atoms with Crippen LogP contribution in [0.3, 0.4) is 0 Å². The number of carbonyl (C=O) groups excluding carboxylic acids is 1. The Morgan fingerprint density at radius 1 is 1.30 bits per heavy atom. The summed E-state index contributed by atoms with van der Waals surface area (Å²) in [7, 11) is 0. The van der Waals surface area contributed by atoms with Crippen molar-refractivity contribution in [3.63, 3.8) is 0 Å². The van der Waals surface area contributed by atoms with Crippen molar-refractivity contribution < 1.29 is 14.3 Å². The number of carbonyl (C=O) groups is 1. The lowest BCUT2D eigenvalue weighted by Crippen LogP contribution is -2.43. The van der Waals surface area contributed by atoms with Crippen molar-refractivity contribution in [2.24, 2.45) is 5.92 Å². The van der Waals surface area contributed by atoms with Gasteiger partial charge in [-0.3, -0.25) is 4.79 Å². The second kappa shape index (κ2) is 5.93. The third-order valence-electron chi connectivity index (χ3n) is 4.21. The number of ether oxygens (including phenoxy) is 2. The number of hydrogen-bond donors (Lipinski definition) is 0. The van der Waals surface area contributed by atoms with Crippen LogP contribution in [0.2, 0.25) is 0 Å². The number of nitrogens with zero attached hydrogens (tertiary/aromatic N) is 3. The molecule has 2 aliphatic rings. The van der Waals surface area contributed by atoms with E-state index in [0.717, 1.165) is 25.9 Å². The van der Waals surface area contributed by atoms with Gasteiger partial charge in [-0.2, -0.15) is 0 Å². The molecule has 1 amide bonds. The summed E-state index contributed by atoms with van der Waals surface area (Å²) in [5, 5.41) is 0. The Morgan fingerprint density at radius 3 is 2.60 bits per heavy atom. The average Bonchev–Trinajstić information content (AvgIpc) is 3.18. The normalized spacial score (nSPS) is 23.1. The number of hydrogen-bond acceptors (Lipinski definition) is 4. The van der Waals surface area contributed by atoms with Crippen LogP contribution in [0.4, 0.5) is 0 Å². The number of imidazole rings is 1. The monoisotopic (exact) mass is 279 g/mol. The molecular formula is C14H21N3O3. The molecule has 3 heterocycles. The van der Waals surface area contributed by atoms with E-state index in [1.54, 1.807) is 12.5 Å². The van der Waals surface area contributed by atoms with Gasteiger partial charge in [0.05, 0.1) is 19.5 Å². The lowest BCUT2D eigenvalue weighted by atomic mass is 9.96. The van der Waals surface area contributed by atoms with E-state index in [4.69, 9.17) is 9.47 Å². The van der Waals surface area contributed by atoms with E-state index >= 15 is 0 Å². The molecule has 0 spiro atoms. The highest BCUT2D eigenvalue weighted by molar-refractivity contribution is 5.80. The summed E-state index contributed by atoms with van der Waals surface area (Å²) >= 11 is 0. The summed E-state index contributed by atoms with van der Waals surface area (Å²) in [6.07, 6.45) is 7.06. The fourth-order valence-electron chi connectivity index (χ4n) is 2.93. The van der Waals surface area contributed by atoms with Crippen LogP contribution in [0.25, 0.3) is 0 Å². The predicted molar refractivity (Wildman–Crippen MR) is 71.9 cm³/mol. The summed E-state index contributed by atoms with van der Waals surface area (Å²) in [6, 6.07) is -0.187. The molecule has 6 nitrogen and oxygen atoms in total. The van der Waals surface area contributed by atoms with Crippen LogP contribution in [-0.4, -0.2) is 53.0 Å². The quantitative estimate of drug-likeness (QED) is 0.830. The van der Waals surface area contributed by atoms with Crippen LogP contribution in [0, 0.1) is 5.92 Å². The van der Waals surface area contributed by atoms with E-state index in [2.05, 4.69) is 4.98 Å². The van der Waals surface area contributed by atoms with Crippen molar-refractivity contribution in [1.29, 1.82) is 0 Å². The Morgan fingerprint density at radius 2 is 2.00 bits per heavy atom. The number of likely N-dealkylation sites (tertiary alicyclic amines) is 1. The lowest BCUT2D eigenvalue weighted by molar-refractivity contribution is -0.139. The molecule has 6 heteroatoms. The molecule has 3 rings (SSSR count). The molecule has 0 saturated carbocycles. The van der Waals surface area contributed by atoms with Crippen molar-refractivity contribution in [1.82, 2.24) is 14.5 Å². The third-order valence-corrected chi connectivity index (χ3v) is 4.21. The van der Waals surface area contributed by atoms with Gasteiger partial charge in [0.25, 0.3) is 0 Å². The molecule has 0 bridgehead atoms. The SMILES string of the molecule is CC(C(=O)N1CCC(C2OCCO2)CC1)n1ccnc1. The highest BCUT2D eigenvalue weighted by atomic mass is 16.7. The first kappa shape index (κ1) is 13.6. The Kier molecular flexibility index (Phi) is 4.03. The maximum atomic E-state index is 12.4. The van der Waals surface area contributed by atoms with E-state index in [0.29, 0.717) is 19.1 Å². The van der Waals surface area contributed by atoms with E-state index < -0.39 is 0 Å². The van der Waals surface area contributed by atoms with Crippen molar-refractivity contribution in [2.75, 3.05) is 26.3 Å². The molecule has 1 atom stereocenters. The van der Waals surface area contributed by atoms with Gasteiger partial charge in [0.15, 0.2) is 6.29 Å². The fraction of sp³-hybridized carbons (Fsp3) is 0.714. The molecule has 20 heavy (non-hydrogen) atoms. The van der Waals surface area contributed by atoms with Crippen molar-refractivity contribution in [2.45, 2.75) is 32.1 Å². The molecule has 0 radical (unpaired) electrons. The number of piperidine rings is 1. The van der Waals surface area contributed by atoms with Crippen molar-refractivity contribution in [3.8, 4) is 0 Å². The molecule has 1 aromatic rings. The molecule has 0 aromatic carbocycles. The lowest BCUT2D eigenvalue weighted by Gasteiger charge is -2.35. The number of rotatable bonds is 3. The first-order valence-electron chi connectivity index (χ1n) is 7.25. The van der Waals surface area contributed by atoms with Gasteiger partial charge >= 0.3 is 0 Å². The molecule has 2 aliphatic heterocycles. The molecule has 2 saturated heterocycles. The maximum absolute atomic E-state index is 12.4. The highest BCUT2D eigenvalue weighted by Crippen LogP contribution is 2.26. The van der Waals surface area contributed by atoms with Crippen LogP contribution in [0.15, 0.2) is 18.7 Å². The molecular weight excluding hydrogens is 258 g/mol. The fourth-order valence-corrected chi connectivity index (χ4v) is 2.93. The zero-order chi connectivity index (χ0) is 13.9. The van der Waals surface area contributed by atoms with Gasteiger partial charge in [-0.1, -0.05) is 0 Å². The second-order valence-corrected chi connectivity index (χ2v) is 5.46. The summed E-state index contributed by atoms with van der Waals surface area (Å²) in [6.45, 7) is 4.87. The topological polar surface area (TPSA) is 56.6 Å². The van der Waals surface area contributed by atoms with Gasteiger partial charge < -0.3 is 18.9 Å². The Hall–Kier alpha value is -1.40. The third kappa shape index (κ3) is 2.71. The maximum Gasteiger partial charge on any atom is 0.245 e. The van der Waals surface area contributed by atoms with Crippen molar-refractivity contribution in [3.05, 3.63) is 18.7 Å².